The van der Waals surface area contributed by atoms with Crippen LogP contribution in [0.1, 0.15) is 12.8 Å². The zero-order valence-corrected chi connectivity index (χ0v) is 15.7. The summed E-state index contributed by atoms with van der Waals surface area (Å²) in [5, 5.41) is 1.88. The van der Waals surface area contributed by atoms with Crippen LogP contribution in [0.4, 0.5) is 5.82 Å². The molecule has 2 aromatic heterocycles. The van der Waals surface area contributed by atoms with E-state index >= 15 is 0 Å². The number of rotatable bonds is 4. The summed E-state index contributed by atoms with van der Waals surface area (Å²) in [5.74, 6) is 1.06. The van der Waals surface area contributed by atoms with E-state index in [1.54, 1.807) is 11.9 Å². The van der Waals surface area contributed by atoms with Gasteiger partial charge in [0.25, 0.3) is 0 Å². The number of anilines is 1. The molecule has 1 aromatic carbocycles. The van der Waals surface area contributed by atoms with E-state index in [2.05, 4.69) is 33.0 Å². The molecule has 130 valence electrons. The van der Waals surface area contributed by atoms with Crippen LogP contribution in [0.5, 0.6) is 0 Å². The van der Waals surface area contributed by atoms with Crippen LogP contribution in [-0.2, 0) is 0 Å². The second-order valence-corrected chi connectivity index (χ2v) is 7.46. The minimum Gasteiger partial charge on any atom is -0.361 e. The van der Waals surface area contributed by atoms with Gasteiger partial charge in [0.2, 0.25) is 0 Å². The molecule has 1 aliphatic heterocycles. The monoisotopic (exact) mass is 372 g/mol. The molecule has 3 heterocycles. The van der Waals surface area contributed by atoms with Gasteiger partial charge in [-0.2, -0.15) is 0 Å². The van der Waals surface area contributed by atoms with Crippen LogP contribution in [0.15, 0.2) is 42.7 Å². The Morgan fingerprint density at radius 1 is 1.24 bits per heavy atom. The Bertz CT molecular complexity index is 853. The number of halogens is 1. The molecule has 25 heavy (non-hydrogen) atoms. The van der Waals surface area contributed by atoms with E-state index in [9.17, 15) is 0 Å². The van der Waals surface area contributed by atoms with Crippen LogP contribution in [0.2, 0.25) is 5.02 Å². The van der Waals surface area contributed by atoms with Crippen molar-refractivity contribution in [2.24, 2.45) is 0 Å². The maximum atomic E-state index is 6.15. The fourth-order valence-electron chi connectivity index (χ4n) is 3.46. The molecule has 0 spiro atoms. The first-order chi connectivity index (χ1) is 12.2. The van der Waals surface area contributed by atoms with Gasteiger partial charge in [0.1, 0.15) is 5.82 Å². The van der Waals surface area contributed by atoms with Crippen molar-refractivity contribution in [3.63, 3.8) is 0 Å². The lowest BCUT2D eigenvalue weighted by Crippen LogP contribution is -2.40. The second kappa shape index (κ2) is 7.28. The molecule has 0 aliphatic carbocycles. The van der Waals surface area contributed by atoms with Crippen molar-refractivity contribution >= 4 is 40.3 Å². The lowest BCUT2D eigenvalue weighted by Gasteiger charge is -2.32. The molecule has 4 nitrogen and oxygen atoms in total. The zero-order chi connectivity index (χ0) is 17.2. The van der Waals surface area contributed by atoms with Crippen molar-refractivity contribution < 1.29 is 0 Å². The topological polar surface area (TPSA) is 44.0 Å². The highest BCUT2D eigenvalue weighted by atomic mass is 35.5. The number of nitrogens with zero attached hydrogens (tertiary/aromatic N) is 2. The Hall–Kier alpha value is -1.69. The highest BCUT2D eigenvalue weighted by Gasteiger charge is 2.19. The summed E-state index contributed by atoms with van der Waals surface area (Å²) in [7, 11) is 0. The van der Waals surface area contributed by atoms with Crippen molar-refractivity contribution in [1.82, 2.24) is 14.7 Å². The number of aromatic amines is 1. The van der Waals surface area contributed by atoms with Gasteiger partial charge in [-0.1, -0.05) is 23.5 Å². The van der Waals surface area contributed by atoms with Gasteiger partial charge in [-0.05, 0) is 49.4 Å². The van der Waals surface area contributed by atoms with Crippen molar-refractivity contribution in [2.75, 3.05) is 24.2 Å². The van der Waals surface area contributed by atoms with Crippen LogP contribution in [0.3, 0.4) is 0 Å². The Balaban J connectivity index is 1.53. The Morgan fingerprint density at radius 3 is 2.80 bits per heavy atom. The van der Waals surface area contributed by atoms with E-state index in [1.807, 2.05) is 30.6 Å². The minimum absolute atomic E-state index is 0.612. The third-order valence-corrected chi connectivity index (χ3v) is 5.61. The molecule has 4 rings (SSSR count). The number of piperidine rings is 1. The minimum atomic E-state index is 0.612. The Kier molecular flexibility index (Phi) is 4.88. The van der Waals surface area contributed by atoms with Crippen molar-refractivity contribution in [3.8, 4) is 11.1 Å². The summed E-state index contributed by atoms with van der Waals surface area (Å²) in [6.07, 6.45) is 8.39. The fraction of sp³-hybridized carbons (Fsp3) is 0.316. The van der Waals surface area contributed by atoms with Gasteiger partial charge < -0.3 is 9.88 Å². The normalized spacial score (nSPS) is 15.8. The lowest BCUT2D eigenvalue weighted by molar-refractivity contribution is 0.477. The van der Waals surface area contributed by atoms with Crippen LogP contribution in [-0.4, -0.2) is 35.4 Å². The van der Waals surface area contributed by atoms with Gasteiger partial charge in [0.05, 0.1) is 0 Å². The second-order valence-electron chi connectivity index (χ2n) is 6.38. The van der Waals surface area contributed by atoms with Gasteiger partial charge in [0, 0.05) is 58.6 Å². The highest BCUT2D eigenvalue weighted by Crippen LogP contribution is 2.31. The van der Waals surface area contributed by atoms with E-state index in [1.165, 1.54) is 0 Å². The first-order valence-electron chi connectivity index (χ1n) is 8.51. The number of benzene rings is 1. The zero-order valence-electron chi connectivity index (χ0n) is 14.1. The molecule has 0 bridgehead atoms. The quantitative estimate of drug-likeness (QED) is 0.650. The predicted molar refractivity (Wildman–Crippen MR) is 108 cm³/mol. The summed E-state index contributed by atoms with van der Waals surface area (Å²) in [6, 6.07) is 10.8. The van der Waals surface area contributed by atoms with Crippen molar-refractivity contribution in [1.29, 1.82) is 0 Å². The van der Waals surface area contributed by atoms with Crippen LogP contribution < -0.4 is 9.62 Å². The number of aromatic nitrogens is 2. The SMILES string of the molecule is CSNC1CCN(c2ccc(-c3c[nH]c4ccc(Cl)cc34)cn2)CC1. The number of H-pyrrole nitrogens is 1. The number of fused-ring (bicyclic) bond motifs is 1. The Morgan fingerprint density at radius 2 is 2.08 bits per heavy atom. The third kappa shape index (κ3) is 3.50. The molecule has 0 amide bonds. The Labute approximate surface area is 157 Å². The van der Waals surface area contributed by atoms with Crippen LogP contribution >= 0.6 is 23.5 Å². The fourth-order valence-corrected chi connectivity index (χ4v) is 4.20. The standard InChI is InChI=1S/C19H21ClN4S/c1-25-23-15-6-8-24(9-7-15)19-5-2-13(11-22-19)17-12-21-18-4-3-14(20)10-16(17)18/h2-5,10-12,15,21,23H,6-9H2,1H3. The molecule has 0 atom stereocenters. The molecule has 0 unspecified atom stereocenters. The largest absolute Gasteiger partial charge is 0.361 e. The maximum absolute atomic E-state index is 6.15. The van der Waals surface area contributed by atoms with Gasteiger partial charge in [-0.15, -0.1) is 0 Å². The van der Waals surface area contributed by atoms with Crippen molar-refractivity contribution in [2.45, 2.75) is 18.9 Å². The van der Waals surface area contributed by atoms with E-state index in [4.69, 9.17) is 16.6 Å². The van der Waals surface area contributed by atoms with Gasteiger partial charge in [0.15, 0.2) is 0 Å². The number of nitrogens with one attached hydrogen (secondary N) is 2. The van der Waals surface area contributed by atoms with Crippen molar-refractivity contribution in [3.05, 3.63) is 47.7 Å². The summed E-state index contributed by atoms with van der Waals surface area (Å²) < 4.78 is 3.46. The molecule has 1 fully saturated rings. The highest BCUT2D eigenvalue weighted by molar-refractivity contribution is 7.96. The first-order valence-corrected chi connectivity index (χ1v) is 10.1. The van der Waals surface area contributed by atoms with E-state index in [0.29, 0.717) is 6.04 Å². The molecule has 0 saturated carbocycles. The lowest BCUT2D eigenvalue weighted by atomic mass is 10.1. The summed E-state index contributed by atoms with van der Waals surface area (Å²) >= 11 is 7.86. The summed E-state index contributed by atoms with van der Waals surface area (Å²) in [4.78, 5) is 10.4. The third-order valence-electron chi connectivity index (χ3n) is 4.81. The molecule has 6 heteroatoms. The molecule has 0 radical (unpaired) electrons. The average molecular weight is 373 g/mol. The summed E-state index contributed by atoms with van der Waals surface area (Å²) in [6.45, 7) is 2.10. The van der Waals surface area contributed by atoms with Gasteiger partial charge in [-0.3, -0.25) is 4.72 Å². The number of hydrogen-bond donors (Lipinski definition) is 2. The van der Waals surface area contributed by atoms with Crippen LogP contribution in [0, 0.1) is 0 Å². The van der Waals surface area contributed by atoms with E-state index in [0.717, 1.165) is 58.8 Å². The molecule has 3 aromatic rings. The van der Waals surface area contributed by atoms with Gasteiger partial charge in [-0.25, -0.2) is 4.98 Å². The summed E-state index contributed by atoms with van der Waals surface area (Å²) in [5.41, 5.74) is 3.34. The molecule has 1 saturated heterocycles. The first kappa shape index (κ1) is 16.8. The average Bonchev–Trinajstić information content (AvgIpc) is 3.06. The molecular formula is C19H21ClN4S. The molecular weight excluding hydrogens is 352 g/mol. The van der Waals surface area contributed by atoms with Crippen LogP contribution in [0.25, 0.3) is 22.0 Å². The smallest absolute Gasteiger partial charge is 0.128 e. The molecule has 1 aliphatic rings. The molecule has 2 N–H and O–H groups in total. The number of hydrogen-bond acceptors (Lipinski definition) is 4. The maximum Gasteiger partial charge on any atom is 0.128 e. The van der Waals surface area contributed by atoms with Gasteiger partial charge >= 0.3 is 0 Å². The van der Waals surface area contributed by atoms with E-state index < -0.39 is 0 Å². The van der Waals surface area contributed by atoms with E-state index in [-0.39, 0.29) is 0 Å². The number of pyridine rings is 1. The predicted octanol–water partition coefficient (Wildman–Crippen LogP) is 4.72.